The number of imidazole rings is 1. The zero-order valence-electron chi connectivity index (χ0n) is 7.25. The predicted octanol–water partition coefficient (Wildman–Crippen LogP) is 2.14. The molecule has 1 atom stereocenters. The zero-order chi connectivity index (χ0) is 9.84. The van der Waals surface area contributed by atoms with Crippen LogP contribution in [-0.2, 0) is 4.79 Å². The van der Waals surface area contributed by atoms with Gasteiger partial charge in [0.1, 0.15) is 16.3 Å². The van der Waals surface area contributed by atoms with Gasteiger partial charge in [0.2, 0.25) is 0 Å². The topological polar surface area (TPSA) is 66.0 Å². The fourth-order valence-electron chi connectivity index (χ4n) is 1.16. The Balaban J connectivity index is 2.81. The van der Waals surface area contributed by atoms with Crippen molar-refractivity contribution in [3.63, 3.8) is 0 Å². The molecule has 0 radical (unpaired) electrons. The Labute approximate surface area is 84.5 Å². The van der Waals surface area contributed by atoms with Crippen LogP contribution in [0.2, 0.25) is 0 Å². The first-order chi connectivity index (χ1) is 6.15. The Kier molecular flexibility index (Phi) is 3.48. The minimum Gasteiger partial charge on any atom is -0.481 e. The Morgan fingerprint density at radius 3 is 2.92 bits per heavy atom. The van der Waals surface area contributed by atoms with Gasteiger partial charge in [-0.05, 0) is 22.4 Å². The number of aromatic nitrogens is 2. The fourth-order valence-corrected chi connectivity index (χ4v) is 1.46. The molecule has 13 heavy (non-hydrogen) atoms. The molecular formula is C8H11BrN2O2. The summed E-state index contributed by atoms with van der Waals surface area (Å²) in [7, 11) is 0. The molecule has 0 spiro atoms. The molecule has 0 aromatic carbocycles. The van der Waals surface area contributed by atoms with Crippen molar-refractivity contribution in [2.45, 2.75) is 25.7 Å². The highest BCUT2D eigenvalue weighted by molar-refractivity contribution is 9.10. The van der Waals surface area contributed by atoms with Gasteiger partial charge in [0.15, 0.2) is 0 Å². The van der Waals surface area contributed by atoms with Gasteiger partial charge in [-0.25, -0.2) is 4.98 Å². The van der Waals surface area contributed by atoms with Gasteiger partial charge in [-0.1, -0.05) is 13.3 Å². The number of hydrogen-bond acceptors (Lipinski definition) is 2. The van der Waals surface area contributed by atoms with Crippen LogP contribution in [0.4, 0.5) is 0 Å². The van der Waals surface area contributed by atoms with E-state index in [2.05, 4.69) is 25.9 Å². The maximum atomic E-state index is 10.8. The van der Waals surface area contributed by atoms with E-state index in [9.17, 15) is 4.79 Å². The first-order valence-electron chi connectivity index (χ1n) is 4.08. The number of carbonyl (C=O) groups is 1. The second-order valence-electron chi connectivity index (χ2n) is 2.79. The summed E-state index contributed by atoms with van der Waals surface area (Å²) in [5.74, 6) is -0.832. The number of halogens is 1. The largest absolute Gasteiger partial charge is 0.481 e. The molecule has 1 heterocycles. The smallest absolute Gasteiger partial charge is 0.314 e. The lowest BCUT2D eigenvalue weighted by Gasteiger charge is -2.06. The second kappa shape index (κ2) is 4.41. The minimum atomic E-state index is -0.830. The van der Waals surface area contributed by atoms with E-state index in [1.54, 1.807) is 6.20 Å². The summed E-state index contributed by atoms with van der Waals surface area (Å²) in [5.41, 5.74) is 0. The van der Waals surface area contributed by atoms with Gasteiger partial charge in [0.25, 0.3) is 0 Å². The molecule has 1 aromatic rings. The lowest BCUT2D eigenvalue weighted by atomic mass is 10.0. The number of nitrogens with zero attached hydrogens (tertiary/aromatic N) is 1. The summed E-state index contributed by atoms with van der Waals surface area (Å²) in [6, 6.07) is 0. The van der Waals surface area contributed by atoms with Crippen LogP contribution in [-0.4, -0.2) is 21.0 Å². The molecule has 2 N–H and O–H groups in total. The van der Waals surface area contributed by atoms with Gasteiger partial charge in [0.05, 0.1) is 0 Å². The van der Waals surface area contributed by atoms with Crippen molar-refractivity contribution in [2.24, 2.45) is 0 Å². The standard InChI is InChI=1S/C8H11BrN2O2/c1-2-3-5(8(12)13)7-10-4-6(9)11-7/h4-5H,2-3H2,1H3,(H,10,11)(H,12,13). The number of nitrogens with one attached hydrogen (secondary N) is 1. The first kappa shape index (κ1) is 10.2. The molecule has 1 aromatic heterocycles. The van der Waals surface area contributed by atoms with E-state index in [1.165, 1.54) is 0 Å². The fraction of sp³-hybridized carbons (Fsp3) is 0.500. The van der Waals surface area contributed by atoms with E-state index in [-0.39, 0.29) is 0 Å². The Morgan fingerprint density at radius 2 is 2.54 bits per heavy atom. The third-order valence-corrected chi connectivity index (χ3v) is 2.18. The van der Waals surface area contributed by atoms with E-state index in [0.29, 0.717) is 16.8 Å². The molecule has 0 bridgehead atoms. The van der Waals surface area contributed by atoms with E-state index < -0.39 is 11.9 Å². The molecule has 0 fully saturated rings. The van der Waals surface area contributed by atoms with Crippen molar-refractivity contribution in [1.82, 2.24) is 9.97 Å². The Morgan fingerprint density at radius 1 is 1.85 bits per heavy atom. The van der Waals surface area contributed by atoms with Crippen molar-refractivity contribution in [2.75, 3.05) is 0 Å². The minimum absolute atomic E-state index is 0.515. The average molecular weight is 247 g/mol. The molecule has 0 aliphatic carbocycles. The predicted molar refractivity (Wildman–Crippen MR) is 51.6 cm³/mol. The average Bonchev–Trinajstić information content (AvgIpc) is 2.46. The number of aromatic amines is 1. The molecule has 0 saturated heterocycles. The monoisotopic (exact) mass is 246 g/mol. The van der Waals surface area contributed by atoms with Crippen LogP contribution in [0.5, 0.6) is 0 Å². The van der Waals surface area contributed by atoms with Crippen LogP contribution in [0.25, 0.3) is 0 Å². The van der Waals surface area contributed by atoms with Crippen LogP contribution >= 0.6 is 15.9 Å². The van der Waals surface area contributed by atoms with E-state index >= 15 is 0 Å². The molecule has 0 saturated carbocycles. The normalized spacial score (nSPS) is 12.8. The van der Waals surface area contributed by atoms with Crippen molar-refractivity contribution in [3.8, 4) is 0 Å². The van der Waals surface area contributed by atoms with Gasteiger partial charge in [-0.2, -0.15) is 0 Å². The molecule has 72 valence electrons. The summed E-state index contributed by atoms with van der Waals surface area (Å²) in [6.07, 6.45) is 3.07. The highest BCUT2D eigenvalue weighted by atomic mass is 79.9. The molecule has 1 unspecified atom stereocenters. The molecule has 5 heteroatoms. The van der Waals surface area contributed by atoms with Gasteiger partial charge in [-0.3, -0.25) is 4.79 Å². The van der Waals surface area contributed by atoms with Gasteiger partial charge >= 0.3 is 5.97 Å². The van der Waals surface area contributed by atoms with Gasteiger partial charge < -0.3 is 10.1 Å². The Bertz CT molecular complexity index is 298. The number of carboxylic acid groups (broad SMARTS) is 1. The summed E-state index contributed by atoms with van der Waals surface area (Å²) in [6.45, 7) is 1.95. The van der Waals surface area contributed by atoms with Gasteiger partial charge in [0, 0.05) is 6.20 Å². The lowest BCUT2D eigenvalue weighted by Crippen LogP contribution is -2.12. The third kappa shape index (κ3) is 2.55. The molecule has 0 aliphatic heterocycles. The van der Waals surface area contributed by atoms with Crippen molar-refractivity contribution >= 4 is 21.9 Å². The molecular weight excluding hydrogens is 236 g/mol. The van der Waals surface area contributed by atoms with Crippen LogP contribution in [0.3, 0.4) is 0 Å². The van der Waals surface area contributed by atoms with Crippen LogP contribution < -0.4 is 0 Å². The second-order valence-corrected chi connectivity index (χ2v) is 3.60. The van der Waals surface area contributed by atoms with Crippen molar-refractivity contribution in [1.29, 1.82) is 0 Å². The van der Waals surface area contributed by atoms with E-state index in [0.717, 1.165) is 6.42 Å². The molecule has 0 aliphatic rings. The maximum Gasteiger partial charge on any atom is 0.314 e. The molecule has 0 amide bonds. The summed E-state index contributed by atoms with van der Waals surface area (Å²) in [5, 5.41) is 8.89. The first-order valence-corrected chi connectivity index (χ1v) is 4.88. The van der Waals surface area contributed by atoms with E-state index in [1.807, 2.05) is 6.92 Å². The van der Waals surface area contributed by atoms with Crippen molar-refractivity contribution in [3.05, 3.63) is 16.6 Å². The zero-order valence-corrected chi connectivity index (χ0v) is 8.84. The number of carboxylic acids is 1. The number of aliphatic carboxylic acids is 1. The van der Waals surface area contributed by atoms with Crippen LogP contribution in [0, 0.1) is 0 Å². The number of H-pyrrole nitrogens is 1. The number of hydrogen-bond donors (Lipinski definition) is 2. The summed E-state index contributed by atoms with van der Waals surface area (Å²) in [4.78, 5) is 17.7. The highest BCUT2D eigenvalue weighted by Crippen LogP contribution is 2.19. The summed E-state index contributed by atoms with van der Waals surface area (Å²) >= 11 is 3.17. The van der Waals surface area contributed by atoms with Crippen LogP contribution in [0.15, 0.2) is 10.8 Å². The lowest BCUT2D eigenvalue weighted by molar-refractivity contribution is -0.139. The quantitative estimate of drug-likeness (QED) is 0.856. The van der Waals surface area contributed by atoms with Crippen molar-refractivity contribution < 1.29 is 9.90 Å². The summed E-state index contributed by atoms with van der Waals surface area (Å²) < 4.78 is 0.643. The van der Waals surface area contributed by atoms with Gasteiger partial charge in [-0.15, -0.1) is 0 Å². The Hall–Kier alpha value is -0.840. The van der Waals surface area contributed by atoms with Crippen LogP contribution in [0.1, 0.15) is 31.5 Å². The van der Waals surface area contributed by atoms with E-state index in [4.69, 9.17) is 5.11 Å². The highest BCUT2D eigenvalue weighted by Gasteiger charge is 2.21. The number of rotatable bonds is 4. The maximum absolute atomic E-state index is 10.8. The molecule has 4 nitrogen and oxygen atoms in total. The molecule has 1 rings (SSSR count). The SMILES string of the molecule is CCCC(C(=O)O)c1nc(Br)c[nH]1. The third-order valence-electron chi connectivity index (χ3n) is 1.77.